The van der Waals surface area contributed by atoms with Crippen LogP contribution in [0.1, 0.15) is 26.2 Å². The normalized spacial score (nSPS) is 21.2. The van der Waals surface area contributed by atoms with Crippen LogP contribution in [0, 0.1) is 11.3 Å². The first-order valence-electron chi connectivity index (χ1n) is 11.9. The summed E-state index contributed by atoms with van der Waals surface area (Å²) >= 11 is 3.54. The van der Waals surface area contributed by atoms with Gasteiger partial charge in [-0.2, -0.15) is 10.1 Å². The maximum Gasteiger partial charge on any atom is 0.224 e. The predicted molar refractivity (Wildman–Crippen MR) is 136 cm³/mol. The Hall–Kier alpha value is -3.11. The summed E-state index contributed by atoms with van der Waals surface area (Å²) in [6.07, 6.45) is 6.09. The van der Waals surface area contributed by atoms with Gasteiger partial charge in [-0.05, 0) is 59.5 Å². The molecule has 35 heavy (non-hydrogen) atoms. The Morgan fingerprint density at radius 3 is 2.97 bits per heavy atom. The molecule has 0 radical (unpaired) electrons. The third-order valence-corrected chi connectivity index (χ3v) is 7.52. The van der Waals surface area contributed by atoms with Gasteiger partial charge in [-0.15, -0.1) is 0 Å². The fraction of sp³-hybridized carbons (Fsp3) is 0.400. The van der Waals surface area contributed by atoms with Crippen LogP contribution in [0.15, 0.2) is 47.3 Å². The lowest BCUT2D eigenvalue weighted by Crippen LogP contribution is -2.49. The van der Waals surface area contributed by atoms with Crippen LogP contribution in [0.5, 0.6) is 0 Å². The zero-order chi connectivity index (χ0) is 24.0. The lowest BCUT2D eigenvalue weighted by atomic mass is 9.88. The second-order valence-electron chi connectivity index (χ2n) is 9.89. The van der Waals surface area contributed by atoms with Crippen molar-refractivity contribution in [3.8, 4) is 5.69 Å². The van der Waals surface area contributed by atoms with E-state index < -0.39 is 0 Å². The Balaban J connectivity index is 1.18. The Kier molecular flexibility index (Phi) is 5.64. The van der Waals surface area contributed by atoms with Gasteiger partial charge in [0.2, 0.25) is 11.9 Å². The van der Waals surface area contributed by atoms with Crippen molar-refractivity contribution in [1.29, 1.82) is 0 Å². The number of anilines is 1. The highest BCUT2D eigenvalue weighted by Crippen LogP contribution is 2.31. The molecule has 1 aliphatic carbocycles. The molecule has 0 spiro atoms. The fourth-order valence-corrected chi connectivity index (χ4v) is 5.28. The number of nitrogens with one attached hydrogen (secondary N) is 2. The van der Waals surface area contributed by atoms with Gasteiger partial charge in [0.25, 0.3) is 0 Å². The summed E-state index contributed by atoms with van der Waals surface area (Å²) in [7, 11) is 0. The number of hydrogen-bond acceptors (Lipinski definition) is 7. The number of hydrogen-bond donors (Lipinski definition) is 2. The summed E-state index contributed by atoms with van der Waals surface area (Å²) in [5.74, 6) is 0.678. The minimum absolute atomic E-state index is 0.00621. The number of rotatable bonds is 6. The summed E-state index contributed by atoms with van der Waals surface area (Å²) in [6, 6.07) is 10.1. The van der Waals surface area contributed by atoms with Crippen LogP contribution >= 0.6 is 15.9 Å². The lowest BCUT2D eigenvalue weighted by Gasteiger charge is -2.38. The van der Waals surface area contributed by atoms with Gasteiger partial charge in [0.15, 0.2) is 5.65 Å². The number of carbonyl (C=O) groups excluding carboxylic acids is 1. The summed E-state index contributed by atoms with van der Waals surface area (Å²) < 4.78 is 7.78. The Labute approximate surface area is 210 Å². The number of fused-ring (bicyclic) bond motifs is 2. The van der Waals surface area contributed by atoms with E-state index in [1.807, 2.05) is 35.0 Å². The van der Waals surface area contributed by atoms with E-state index in [1.54, 1.807) is 12.4 Å². The molecular weight excluding hydrogens is 510 g/mol. The van der Waals surface area contributed by atoms with Crippen molar-refractivity contribution in [1.82, 2.24) is 30.0 Å². The highest BCUT2D eigenvalue weighted by atomic mass is 79.9. The molecule has 1 aliphatic heterocycles. The minimum atomic E-state index is 0.00621. The molecule has 2 aliphatic rings. The monoisotopic (exact) mass is 535 g/mol. The van der Waals surface area contributed by atoms with Crippen molar-refractivity contribution >= 4 is 49.7 Å². The molecule has 2 fully saturated rings. The van der Waals surface area contributed by atoms with Crippen molar-refractivity contribution in [2.75, 3.05) is 25.1 Å². The van der Waals surface area contributed by atoms with Crippen LogP contribution in [-0.2, 0) is 9.53 Å². The smallest absolute Gasteiger partial charge is 0.224 e. The van der Waals surface area contributed by atoms with Crippen LogP contribution < -0.4 is 10.6 Å². The van der Waals surface area contributed by atoms with Gasteiger partial charge >= 0.3 is 0 Å². The van der Waals surface area contributed by atoms with Gasteiger partial charge in [0.1, 0.15) is 4.60 Å². The first-order chi connectivity index (χ1) is 17.0. The van der Waals surface area contributed by atoms with Crippen LogP contribution in [0.2, 0.25) is 0 Å². The predicted octanol–water partition coefficient (Wildman–Crippen LogP) is 3.86. The molecule has 10 heteroatoms. The minimum Gasteiger partial charge on any atom is -0.380 e. The van der Waals surface area contributed by atoms with Crippen molar-refractivity contribution in [3.05, 3.63) is 47.3 Å². The highest BCUT2D eigenvalue weighted by Gasteiger charge is 2.36. The van der Waals surface area contributed by atoms with Gasteiger partial charge in [0, 0.05) is 41.7 Å². The standard InChI is InChI=1S/C25H26BrN7O2/c1-25(13-35-14-25)12-29-23(34)16-4-5-17(9-16)30-24-28-11-19-21(26)32-33(22(19)31-24)18-6-7-20-15(10-18)3-2-8-27-20/h2-3,6-8,10-11,16-17H,4-5,9,12-14H2,1H3,(H,29,34)(H,28,30,31)/t16-,17-/m1/s1. The third kappa shape index (κ3) is 4.36. The zero-order valence-electron chi connectivity index (χ0n) is 19.4. The van der Waals surface area contributed by atoms with Gasteiger partial charge in [-0.1, -0.05) is 13.0 Å². The third-order valence-electron chi connectivity index (χ3n) is 6.94. The zero-order valence-corrected chi connectivity index (χ0v) is 21.0. The van der Waals surface area contributed by atoms with Crippen LogP contribution in [0.3, 0.4) is 0 Å². The molecule has 1 amide bonds. The summed E-state index contributed by atoms with van der Waals surface area (Å²) in [5, 5.41) is 13.1. The van der Waals surface area contributed by atoms with E-state index in [9.17, 15) is 4.79 Å². The van der Waals surface area contributed by atoms with Crippen molar-refractivity contribution in [3.63, 3.8) is 0 Å². The molecule has 0 bridgehead atoms. The number of amides is 1. The summed E-state index contributed by atoms with van der Waals surface area (Å²) in [4.78, 5) is 26.4. The Bertz CT molecular complexity index is 1420. The number of ether oxygens (including phenoxy) is 1. The average molecular weight is 536 g/mol. The maximum atomic E-state index is 12.7. The van der Waals surface area contributed by atoms with Crippen molar-refractivity contribution < 1.29 is 9.53 Å². The quantitative estimate of drug-likeness (QED) is 0.386. The molecular formula is C25H26BrN7O2. The van der Waals surface area contributed by atoms with E-state index in [4.69, 9.17) is 9.72 Å². The highest BCUT2D eigenvalue weighted by molar-refractivity contribution is 9.10. The second-order valence-corrected chi connectivity index (χ2v) is 10.6. The number of pyridine rings is 1. The Morgan fingerprint density at radius 1 is 1.26 bits per heavy atom. The summed E-state index contributed by atoms with van der Waals surface area (Å²) in [6.45, 7) is 4.24. The molecule has 2 atom stereocenters. The largest absolute Gasteiger partial charge is 0.380 e. The van der Waals surface area contributed by atoms with Gasteiger partial charge in [0.05, 0.1) is 29.8 Å². The van der Waals surface area contributed by atoms with Crippen molar-refractivity contribution in [2.45, 2.75) is 32.2 Å². The van der Waals surface area contributed by atoms with E-state index >= 15 is 0 Å². The molecule has 3 aromatic heterocycles. The SMILES string of the molecule is CC1(CNC(=O)[C@@H]2CC[C@@H](Nc3ncc4c(Br)nn(-c5ccc6ncccc6c5)c4n3)C2)COC1. The molecule has 1 saturated heterocycles. The van der Waals surface area contributed by atoms with E-state index in [0.717, 1.165) is 41.2 Å². The van der Waals surface area contributed by atoms with Crippen LogP contribution in [0.25, 0.3) is 27.6 Å². The van der Waals surface area contributed by atoms with E-state index in [-0.39, 0.29) is 23.3 Å². The number of nitrogens with zero attached hydrogens (tertiary/aromatic N) is 5. The molecule has 9 nitrogen and oxygen atoms in total. The molecule has 0 unspecified atom stereocenters. The topological polar surface area (TPSA) is 107 Å². The van der Waals surface area contributed by atoms with E-state index in [2.05, 4.69) is 48.6 Å². The van der Waals surface area contributed by atoms with E-state index in [0.29, 0.717) is 36.0 Å². The number of aromatic nitrogens is 5. The molecule has 6 rings (SSSR count). The van der Waals surface area contributed by atoms with Crippen LogP contribution in [-0.4, -0.2) is 56.4 Å². The molecule has 1 aromatic carbocycles. The fourth-order valence-electron chi connectivity index (χ4n) is 4.84. The van der Waals surface area contributed by atoms with Crippen molar-refractivity contribution in [2.24, 2.45) is 11.3 Å². The maximum absolute atomic E-state index is 12.7. The van der Waals surface area contributed by atoms with E-state index in [1.165, 1.54) is 0 Å². The second kappa shape index (κ2) is 8.83. The first-order valence-corrected chi connectivity index (χ1v) is 12.7. The van der Waals surface area contributed by atoms with Gasteiger partial charge < -0.3 is 15.4 Å². The molecule has 180 valence electrons. The molecule has 2 N–H and O–H groups in total. The van der Waals surface area contributed by atoms with Gasteiger partial charge in [-0.3, -0.25) is 9.78 Å². The Morgan fingerprint density at radius 2 is 2.14 bits per heavy atom. The molecule has 4 aromatic rings. The number of benzene rings is 1. The number of halogens is 1. The average Bonchev–Trinajstić information content (AvgIpc) is 3.45. The number of carbonyl (C=O) groups is 1. The van der Waals surface area contributed by atoms with Crippen LogP contribution in [0.4, 0.5) is 5.95 Å². The lowest BCUT2D eigenvalue weighted by molar-refractivity contribution is -0.130. The molecule has 1 saturated carbocycles. The first kappa shape index (κ1) is 22.4. The summed E-state index contributed by atoms with van der Waals surface area (Å²) in [5.41, 5.74) is 2.61. The van der Waals surface area contributed by atoms with Gasteiger partial charge in [-0.25, -0.2) is 9.67 Å². The molecule has 4 heterocycles.